The van der Waals surface area contributed by atoms with Gasteiger partial charge in [-0.25, -0.2) is 4.98 Å². The van der Waals surface area contributed by atoms with Crippen molar-refractivity contribution in [2.75, 3.05) is 5.32 Å². The third-order valence-corrected chi connectivity index (χ3v) is 3.62. The molecule has 0 spiro atoms. The van der Waals surface area contributed by atoms with Gasteiger partial charge in [-0.3, -0.25) is 9.89 Å². The predicted molar refractivity (Wildman–Crippen MR) is 85.6 cm³/mol. The van der Waals surface area contributed by atoms with Crippen molar-refractivity contribution in [2.24, 2.45) is 5.73 Å². The third-order valence-electron chi connectivity index (χ3n) is 3.62. The summed E-state index contributed by atoms with van der Waals surface area (Å²) in [6.07, 6.45) is 3.27. The van der Waals surface area contributed by atoms with E-state index in [4.69, 9.17) is 5.73 Å². The fourth-order valence-corrected chi connectivity index (χ4v) is 2.48. The van der Waals surface area contributed by atoms with Gasteiger partial charge in [0.2, 0.25) is 0 Å². The SMILES string of the molecule is Cc1cc(C(=O)Nc2ccnc3[nH]ncc23)ccc1C(C)N. The van der Waals surface area contributed by atoms with Crippen LogP contribution in [0.1, 0.15) is 34.5 Å². The minimum Gasteiger partial charge on any atom is -0.324 e. The highest BCUT2D eigenvalue weighted by Gasteiger charge is 2.12. The second kappa shape index (κ2) is 5.57. The number of carbonyl (C=O) groups is 1. The maximum atomic E-state index is 12.4. The second-order valence-corrected chi connectivity index (χ2v) is 5.30. The van der Waals surface area contributed by atoms with Gasteiger partial charge >= 0.3 is 0 Å². The van der Waals surface area contributed by atoms with Crippen molar-refractivity contribution in [1.29, 1.82) is 0 Å². The number of aromatic nitrogens is 3. The van der Waals surface area contributed by atoms with Crippen molar-refractivity contribution in [3.05, 3.63) is 53.3 Å². The monoisotopic (exact) mass is 295 g/mol. The van der Waals surface area contributed by atoms with Crippen LogP contribution in [0.25, 0.3) is 11.0 Å². The van der Waals surface area contributed by atoms with Crippen molar-refractivity contribution < 1.29 is 4.79 Å². The van der Waals surface area contributed by atoms with Crippen LogP contribution in [-0.4, -0.2) is 21.1 Å². The fraction of sp³-hybridized carbons (Fsp3) is 0.188. The Morgan fingerprint density at radius 3 is 2.91 bits per heavy atom. The number of benzene rings is 1. The lowest BCUT2D eigenvalue weighted by molar-refractivity contribution is 0.102. The number of amides is 1. The summed E-state index contributed by atoms with van der Waals surface area (Å²) in [6.45, 7) is 3.88. The minimum atomic E-state index is -0.173. The zero-order valence-corrected chi connectivity index (χ0v) is 12.4. The van der Waals surface area contributed by atoms with Gasteiger partial charge in [0.05, 0.1) is 17.3 Å². The van der Waals surface area contributed by atoms with E-state index in [-0.39, 0.29) is 11.9 Å². The number of carbonyl (C=O) groups excluding carboxylic acids is 1. The van der Waals surface area contributed by atoms with Gasteiger partial charge in [-0.1, -0.05) is 6.07 Å². The molecule has 4 N–H and O–H groups in total. The van der Waals surface area contributed by atoms with Gasteiger partial charge in [0.1, 0.15) is 0 Å². The summed E-state index contributed by atoms with van der Waals surface area (Å²) in [5.41, 5.74) is 9.85. The van der Waals surface area contributed by atoms with E-state index in [1.165, 1.54) is 0 Å². The summed E-state index contributed by atoms with van der Waals surface area (Å²) < 4.78 is 0. The first kappa shape index (κ1) is 14.2. The molecule has 2 heterocycles. The number of hydrogen-bond acceptors (Lipinski definition) is 4. The van der Waals surface area contributed by atoms with Crippen molar-refractivity contribution >= 4 is 22.6 Å². The number of rotatable bonds is 3. The summed E-state index contributed by atoms with van der Waals surface area (Å²) in [5, 5.41) is 10.4. The molecule has 3 rings (SSSR count). The van der Waals surface area contributed by atoms with Crippen LogP contribution < -0.4 is 11.1 Å². The molecular weight excluding hydrogens is 278 g/mol. The highest BCUT2D eigenvalue weighted by atomic mass is 16.1. The smallest absolute Gasteiger partial charge is 0.255 e. The highest BCUT2D eigenvalue weighted by molar-refractivity contribution is 6.08. The topological polar surface area (TPSA) is 96.7 Å². The summed E-state index contributed by atoms with van der Waals surface area (Å²) in [4.78, 5) is 16.6. The molecule has 6 nitrogen and oxygen atoms in total. The number of nitrogens with two attached hydrogens (primary N) is 1. The highest BCUT2D eigenvalue weighted by Crippen LogP contribution is 2.21. The number of nitrogens with zero attached hydrogens (tertiary/aromatic N) is 2. The first-order valence-corrected chi connectivity index (χ1v) is 7.02. The van der Waals surface area contributed by atoms with E-state index in [9.17, 15) is 4.79 Å². The van der Waals surface area contributed by atoms with Crippen molar-refractivity contribution in [3.63, 3.8) is 0 Å². The largest absolute Gasteiger partial charge is 0.324 e. The molecular formula is C16H17N5O. The molecule has 0 aliphatic rings. The number of fused-ring (bicyclic) bond motifs is 1. The van der Waals surface area contributed by atoms with E-state index in [2.05, 4.69) is 20.5 Å². The molecule has 0 aliphatic carbocycles. The number of aryl methyl sites for hydroxylation is 1. The number of hydrogen-bond donors (Lipinski definition) is 3. The Bertz CT molecular complexity index is 837. The Kier molecular flexibility index (Phi) is 3.60. The molecule has 6 heteroatoms. The molecule has 0 fully saturated rings. The number of anilines is 1. The molecule has 0 radical (unpaired) electrons. The van der Waals surface area contributed by atoms with Crippen molar-refractivity contribution in [1.82, 2.24) is 15.2 Å². The van der Waals surface area contributed by atoms with Crippen LogP contribution in [0, 0.1) is 6.92 Å². The van der Waals surface area contributed by atoms with Crippen LogP contribution >= 0.6 is 0 Å². The number of nitrogens with one attached hydrogen (secondary N) is 2. The molecule has 1 aromatic carbocycles. The van der Waals surface area contributed by atoms with E-state index in [1.807, 2.05) is 26.0 Å². The quantitative estimate of drug-likeness (QED) is 0.691. The standard InChI is InChI=1S/C16H17N5O/c1-9-7-11(3-4-12(9)10(2)17)16(22)20-14-5-6-18-15-13(14)8-19-21-15/h3-8,10H,17H2,1-2H3,(H2,18,19,20,21,22). The summed E-state index contributed by atoms with van der Waals surface area (Å²) in [6, 6.07) is 7.23. The Morgan fingerprint density at radius 1 is 1.36 bits per heavy atom. The van der Waals surface area contributed by atoms with E-state index in [1.54, 1.807) is 24.5 Å². The summed E-state index contributed by atoms with van der Waals surface area (Å²) in [7, 11) is 0. The van der Waals surface area contributed by atoms with Gasteiger partial charge in [0, 0.05) is 17.8 Å². The van der Waals surface area contributed by atoms with E-state index < -0.39 is 0 Å². The lowest BCUT2D eigenvalue weighted by Crippen LogP contribution is -2.14. The molecule has 22 heavy (non-hydrogen) atoms. The molecule has 112 valence electrons. The van der Waals surface area contributed by atoms with Crippen molar-refractivity contribution in [2.45, 2.75) is 19.9 Å². The third kappa shape index (κ3) is 2.56. The maximum Gasteiger partial charge on any atom is 0.255 e. The van der Waals surface area contributed by atoms with Crippen LogP contribution in [0.4, 0.5) is 5.69 Å². The molecule has 2 aromatic heterocycles. The van der Waals surface area contributed by atoms with Crippen LogP contribution in [0.2, 0.25) is 0 Å². The van der Waals surface area contributed by atoms with Gasteiger partial charge in [0.25, 0.3) is 5.91 Å². The van der Waals surface area contributed by atoms with Crippen LogP contribution in [0.3, 0.4) is 0 Å². The van der Waals surface area contributed by atoms with Gasteiger partial charge in [-0.05, 0) is 43.2 Å². The van der Waals surface area contributed by atoms with Crippen molar-refractivity contribution in [3.8, 4) is 0 Å². The Morgan fingerprint density at radius 2 is 2.18 bits per heavy atom. The summed E-state index contributed by atoms with van der Waals surface area (Å²) in [5.74, 6) is -0.173. The fourth-order valence-electron chi connectivity index (χ4n) is 2.48. The van der Waals surface area contributed by atoms with Gasteiger partial charge in [-0.2, -0.15) is 5.10 Å². The summed E-state index contributed by atoms with van der Waals surface area (Å²) >= 11 is 0. The number of H-pyrrole nitrogens is 1. The van der Waals surface area contributed by atoms with E-state index >= 15 is 0 Å². The molecule has 0 saturated heterocycles. The van der Waals surface area contributed by atoms with E-state index in [0.717, 1.165) is 16.5 Å². The average molecular weight is 295 g/mol. The van der Waals surface area contributed by atoms with Gasteiger partial charge in [-0.15, -0.1) is 0 Å². The van der Waals surface area contributed by atoms with Crippen LogP contribution in [0.15, 0.2) is 36.7 Å². The number of aromatic amines is 1. The molecule has 1 unspecified atom stereocenters. The first-order valence-electron chi connectivity index (χ1n) is 7.02. The maximum absolute atomic E-state index is 12.4. The van der Waals surface area contributed by atoms with Gasteiger partial charge < -0.3 is 11.1 Å². The molecule has 0 bridgehead atoms. The molecule has 0 saturated carbocycles. The lowest BCUT2D eigenvalue weighted by atomic mass is 10.00. The van der Waals surface area contributed by atoms with E-state index in [0.29, 0.717) is 16.9 Å². The zero-order chi connectivity index (χ0) is 15.7. The molecule has 1 amide bonds. The molecule has 0 aliphatic heterocycles. The normalized spacial score (nSPS) is 12.3. The number of pyridine rings is 1. The Labute approximate surface area is 127 Å². The second-order valence-electron chi connectivity index (χ2n) is 5.30. The predicted octanol–water partition coefficient (Wildman–Crippen LogP) is 2.54. The average Bonchev–Trinajstić information content (AvgIpc) is 2.96. The Balaban J connectivity index is 1.89. The minimum absolute atomic E-state index is 0.0529. The Hall–Kier alpha value is -2.73. The molecule has 3 aromatic rings. The lowest BCUT2D eigenvalue weighted by Gasteiger charge is -2.12. The molecule has 1 atom stereocenters. The first-order chi connectivity index (χ1) is 10.6. The zero-order valence-electron chi connectivity index (χ0n) is 12.4. The van der Waals surface area contributed by atoms with Gasteiger partial charge in [0.15, 0.2) is 5.65 Å². The van der Waals surface area contributed by atoms with Crippen LogP contribution in [0.5, 0.6) is 0 Å². The van der Waals surface area contributed by atoms with Crippen LogP contribution in [-0.2, 0) is 0 Å².